The molecule has 0 aromatic rings. The maximum atomic E-state index is 14.3. The van der Waals surface area contributed by atoms with Crippen molar-refractivity contribution >= 4 is 0 Å². The van der Waals surface area contributed by atoms with Crippen LogP contribution in [0.5, 0.6) is 0 Å². The quantitative estimate of drug-likeness (QED) is 0.442. The molecule has 1 atom stereocenters. The lowest BCUT2D eigenvalue weighted by Crippen LogP contribution is -2.40. The van der Waals surface area contributed by atoms with Crippen LogP contribution in [0.4, 0.5) is 22.0 Å². The van der Waals surface area contributed by atoms with Crippen molar-refractivity contribution in [1.29, 1.82) is 0 Å². The van der Waals surface area contributed by atoms with E-state index in [1.165, 1.54) is 0 Å². The predicted octanol–water partition coefficient (Wildman–Crippen LogP) is 5.58. The van der Waals surface area contributed by atoms with Crippen LogP contribution < -0.4 is 0 Å². The molecule has 1 unspecified atom stereocenters. The fraction of sp³-hybridized carbons (Fsp3) is 0.778. The molecule has 0 spiro atoms. The van der Waals surface area contributed by atoms with Gasteiger partial charge in [-0.2, -0.15) is 8.78 Å². The zero-order valence-electron chi connectivity index (χ0n) is 15.0. The predicted molar refractivity (Wildman–Crippen MR) is 85.4 cm³/mol. The van der Waals surface area contributed by atoms with Crippen molar-refractivity contribution in [2.24, 2.45) is 11.8 Å². The second-order valence-corrected chi connectivity index (χ2v) is 6.82. The summed E-state index contributed by atoms with van der Waals surface area (Å²) >= 11 is 0. The van der Waals surface area contributed by atoms with Crippen molar-refractivity contribution in [3.63, 3.8) is 0 Å². The van der Waals surface area contributed by atoms with Crippen LogP contribution in [-0.4, -0.2) is 31.7 Å². The lowest BCUT2D eigenvalue weighted by atomic mass is 9.81. The molecule has 0 radical (unpaired) electrons. The zero-order chi connectivity index (χ0) is 19.3. The first-order valence-corrected chi connectivity index (χ1v) is 8.89. The van der Waals surface area contributed by atoms with Crippen molar-refractivity contribution in [2.75, 3.05) is 13.2 Å². The molecule has 1 aliphatic heterocycles. The highest BCUT2D eigenvalue weighted by atomic mass is 19.3. The highest BCUT2D eigenvalue weighted by Crippen LogP contribution is 2.42. The average molecular weight is 384 g/mol. The first-order valence-electron chi connectivity index (χ1n) is 8.89. The Morgan fingerprint density at radius 3 is 2.19 bits per heavy atom. The fourth-order valence-corrected chi connectivity index (χ4v) is 3.33. The summed E-state index contributed by atoms with van der Waals surface area (Å²) in [6.07, 6.45) is -2.42. The summed E-state index contributed by atoms with van der Waals surface area (Å²) in [5, 5.41) is 0. The van der Waals surface area contributed by atoms with Crippen LogP contribution in [0.1, 0.15) is 46.0 Å². The van der Waals surface area contributed by atoms with Crippen LogP contribution in [0.3, 0.4) is 0 Å². The molecular weight excluding hydrogens is 359 g/mol. The van der Waals surface area contributed by atoms with E-state index < -0.39 is 35.6 Å². The standard InChI is InChI=1S/C18H25F5O3/c1-11(10-15(20)16(21)12(2)19)26-18(22,23)14-6-4-13(5-7-14)17-24-8-3-9-25-17/h10-11,13-14,17H,3-9H2,1-2H3/b15-10+,16-12-. The normalized spacial score (nSPS) is 28.7. The van der Waals surface area contributed by atoms with Crippen molar-refractivity contribution in [3.05, 3.63) is 23.6 Å². The van der Waals surface area contributed by atoms with Crippen molar-refractivity contribution < 1.29 is 36.2 Å². The Morgan fingerprint density at radius 1 is 1.08 bits per heavy atom. The maximum absolute atomic E-state index is 14.3. The number of hydrogen-bond acceptors (Lipinski definition) is 3. The molecule has 26 heavy (non-hydrogen) atoms. The summed E-state index contributed by atoms with van der Waals surface area (Å²) in [5.41, 5.74) is 0. The van der Waals surface area contributed by atoms with E-state index >= 15 is 0 Å². The molecule has 3 nitrogen and oxygen atoms in total. The lowest BCUT2D eigenvalue weighted by molar-refractivity contribution is -0.292. The third kappa shape index (κ3) is 5.76. The molecule has 0 bridgehead atoms. The molecule has 0 N–H and O–H groups in total. The van der Waals surface area contributed by atoms with Crippen LogP contribution in [-0.2, 0) is 14.2 Å². The topological polar surface area (TPSA) is 27.7 Å². The Kier molecular flexibility index (Phi) is 7.61. The Morgan fingerprint density at radius 2 is 1.65 bits per heavy atom. The van der Waals surface area contributed by atoms with E-state index in [0.717, 1.165) is 20.3 Å². The van der Waals surface area contributed by atoms with E-state index in [9.17, 15) is 22.0 Å². The van der Waals surface area contributed by atoms with E-state index in [2.05, 4.69) is 4.74 Å². The number of alkyl halides is 2. The average Bonchev–Trinajstić information content (AvgIpc) is 2.61. The minimum Gasteiger partial charge on any atom is -0.352 e. The SMILES string of the molecule is C/C(F)=C(F)\C(F)=C/C(C)OC(F)(F)C1CCC(C2OCCCO2)CC1. The van der Waals surface area contributed by atoms with Gasteiger partial charge in [-0.05, 0) is 52.0 Å². The van der Waals surface area contributed by atoms with Gasteiger partial charge in [-0.3, -0.25) is 0 Å². The van der Waals surface area contributed by atoms with Crippen LogP contribution in [0.25, 0.3) is 0 Å². The Bertz CT molecular complexity index is 517. The highest BCUT2D eigenvalue weighted by molar-refractivity contribution is 5.21. The lowest BCUT2D eigenvalue weighted by Gasteiger charge is -2.37. The molecule has 150 valence electrons. The zero-order valence-corrected chi connectivity index (χ0v) is 15.0. The fourth-order valence-electron chi connectivity index (χ4n) is 3.33. The smallest absolute Gasteiger partial charge is 0.352 e. The molecule has 0 aromatic carbocycles. The third-order valence-electron chi connectivity index (χ3n) is 4.72. The van der Waals surface area contributed by atoms with Crippen molar-refractivity contribution in [3.8, 4) is 0 Å². The first-order chi connectivity index (χ1) is 12.2. The van der Waals surface area contributed by atoms with Crippen LogP contribution in [0.2, 0.25) is 0 Å². The van der Waals surface area contributed by atoms with Gasteiger partial charge in [0.1, 0.15) is 5.83 Å². The minimum atomic E-state index is -3.49. The van der Waals surface area contributed by atoms with Crippen LogP contribution >= 0.6 is 0 Å². The highest BCUT2D eigenvalue weighted by Gasteiger charge is 2.45. The van der Waals surface area contributed by atoms with E-state index in [0.29, 0.717) is 32.1 Å². The Labute approximate surface area is 150 Å². The molecule has 2 rings (SSSR count). The van der Waals surface area contributed by atoms with Crippen LogP contribution in [0, 0.1) is 11.8 Å². The van der Waals surface area contributed by atoms with Crippen molar-refractivity contribution in [1.82, 2.24) is 0 Å². The summed E-state index contributed by atoms with van der Waals surface area (Å²) < 4.78 is 83.5. The van der Waals surface area contributed by atoms with Crippen molar-refractivity contribution in [2.45, 2.75) is 64.5 Å². The van der Waals surface area contributed by atoms with Crippen LogP contribution in [0.15, 0.2) is 23.6 Å². The first kappa shape index (κ1) is 21.3. The number of allylic oxidation sites excluding steroid dienone is 3. The van der Waals surface area contributed by atoms with E-state index in [4.69, 9.17) is 9.47 Å². The van der Waals surface area contributed by atoms with E-state index in [1.54, 1.807) is 0 Å². The van der Waals surface area contributed by atoms with Gasteiger partial charge in [-0.1, -0.05) is 0 Å². The summed E-state index contributed by atoms with van der Waals surface area (Å²) in [6, 6.07) is 0. The molecule has 1 saturated carbocycles. The van der Waals surface area contributed by atoms with E-state index in [1.807, 2.05) is 0 Å². The number of rotatable bonds is 6. The molecule has 0 aromatic heterocycles. The molecule has 2 aliphatic rings. The summed E-state index contributed by atoms with van der Waals surface area (Å²) in [7, 11) is 0. The maximum Gasteiger partial charge on any atom is 0.359 e. The summed E-state index contributed by atoms with van der Waals surface area (Å²) in [5.74, 6) is -5.57. The Balaban J connectivity index is 1.88. The van der Waals surface area contributed by atoms with Gasteiger partial charge in [0.15, 0.2) is 17.9 Å². The summed E-state index contributed by atoms with van der Waals surface area (Å²) in [6.45, 7) is 3.12. The van der Waals surface area contributed by atoms with Gasteiger partial charge >= 0.3 is 6.11 Å². The number of ether oxygens (including phenoxy) is 3. The monoisotopic (exact) mass is 384 g/mol. The minimum absolute atomic E-state index is 0.0730. The van der Waals surface area contributed by atoms with E-state index in [-0.39, 0.29) is 25.0 Å². The largest absolute Gasteiger partial charge is 0.359 e. The molecule has 1 saturated heterocycles. The molecule has 8 heteroatoms. The van der Waals surface area contributed by atoms with Gasteiger partial charge in [0, 0.05) is 5.92 Å². The van der Waals surface area contributed by atoms with Gasteiger partial charge in [-0.15, -0.1) is 0 Å². The second kappa shape index (κ2) is 9.28. The van der Waals surface area contributed by atoms with Gasteiger partial charge in [0.05, 0.1) is 25.2 Å². The molecule has 2 fully saturated rings. The molecule has 1 heterocycles. The summed E-state index contributed by atoms with van der Waals surface area (Å²) in [4.78, 5) is 0. The van der Waals surface area contributed by atoms with Gasteiger partial charge in [-0.25, -0.2) is 13.2 Å². The van der Waals surface area contributed by atoms with Gasteiger partial charge in [0.2, 0.25) is 0 Å². The molecule has 1 aliphatic carbocycles. The Hall–Kier alpha value is -0.990. The number of hydrogen-bond donors (Lipinski definition) is 0. The van der Waals surface area contributed by atoms with Gasteiger partial charge in [0.25, 0.3) is 0 Å². The third-order valence-corrected chi connectivity index (χ3v) is 4.72. The number of halogens is 5. The molecular formula is C18H25F5O3. The van der Waals surface area contributed by atoms with Gasteiger partial charge < -0.3 is 14.2 Å². The second-order valence-electron chi connectivity index (χ2n) is 6.82. The molecule has 0 amide bonds.